The molecule has 0 atom stereocenters. The van der Waals surface area contributed by atoms with Gasteiger partial charge in [-0.1, -0.05) is 6.92 Å². The number of nitrogens with zero attached hydrogens (tertiary/aromatic N) is 2. The summed E-state index contributed by atoms with van der Waals surface area (Å²) in [4.78, 5) is 0. The van der Waals surface area contributed by atoms with E-state index < -0.39 is 0 Å². The number of rotatable bonds is 5. The molecule has 0 amide bonds. The molecule has 0 radical (unpaired) electrons. The van der Waals surface area contributed by atoms with Crippen LogP contribution in [0, 0.1) is 0 Å². The SMILES string of the molecule is CCc1c(CCCNC)cnn1C(C)(C)C. The van der Waals surface area contributed by atoms with E-state index in [0.717, 1.165) is 19.4 Å². The molecule has 0 bridgehead atoms. The summed E-state index contributed by atoms with van der Waals surface area (Å²) in [6.45, 7) is 9.90. The first-order valence-electron chi connectivity index (χ1n) is 6.21. The van der Waals surface area contributed by atoms with Crippen molar-refractivity contribution in [2.45, 2.75) is 52.5 Å². The zero-order chi connectivity index (χ0) is 12.2. The van der Waals surface area contributed by atoms with Crippen LogP contribution in [0.1, 0.15) is 45.4 Å². The van der Waals surface area contributed by atoms with Gasteiger partial charge in [0.2, 0.25) is 0 Å². The third-order valence-electron chi connectivity index (χ3n) is 2.80. The van der Waals surface area contributed by atoms with Crippen LogP contribution >= 0.6 is 0 Å². The van der Waals surface area contributed by atoms with E-state index in [-0.39, 0.29) is 5.54 Å². The fraction of sp³-hybridized carbons (Fsp3) is 0.769. The van der Waals surface area contributed by atoms with Crippen LogP contribution in [0.5, 0.6) is 0 Å². The average molecular weight is 223 g/mol. The molecule has 1 N–H and O–H groups in total. The van der Waals surface area contributed by atoms with Crippen LogP contribution in [0.4, 0.5) is 0 Å². The normalized spacial score (nSPS) is 12.1. The highest BCUT2D eigenvalue weighted by atomic mass is 15.3. The predicted molar refractivity (Wildman–Crippen MR) is 68.8 cm³/mol. The Kier molecular flexibility index (Phi) is 4.54. The van der Waals surface area contributed by atoms with Gasteiger partial charge in [0.05, 0.1) is 11.7 Å². The van der Waals surface area contributed by atoms with Gasteiger partial charge in [-0.2, -0.15) is 5.10 Å². The van der Waals surface area contributed by atoms with Crippen molar-refractivity contribution < 1.29 is 0 Å². The van der Waals surface area contributed by atoms with Gasteiger partial charge in [-0.25, -0.2) is 0 Å². The summed E-state index contributed by atoms with van der Waals surface area (Å²) < 4.78 is 2.17. The monoisotopic (exact) mass is 223 g/mol. The molecule has 1 aromatic rings. The van der Waals surface area contributed by atoms with E-state index in [2.05, 4.69) is 42.8 Å². The summed E-state index contributed by atoms with van der Waals surface area (Å²) in [5.74, 6) is 0. The van der Waals surface area contributed by atoms with Crippen molar-refractivity contribution in [2.24, 2.45) is 0 Å². The van der Waals surface area contributed by atoms with E-state index in [1.165, 1.54) is 17.7 Å². The molecule has 16 heavy (non-hydrogen) atoms. The van der Waals surface area contributed by atoms with Crippen LogP contribution in [-0.4, -0.2) is 23.4 Å². The summed E-state index contributed by atoms with van der Waals surface area (Å²) in [6, 6.07) is 0. The van der Waals surface area contributed by atoms with Gasteiger partial charge in [-0.3, -0.25) is 4.68 Å². The highest BCUT2D eigenvalue weighted by molar-refractivity contribution is 5.19. The van der Waals surface area contributed by atoms with Gasteiger partial charge >= 0.3 is 0 Å². The zero-order valence-electron chi connectivity index (χ0n) is 11.3. The van der Waals surface area contributed by atoms with E-state index in [9.17, 15) is 0 Å². The quantitative estimate of drug-likeness (QED) is 0.777. The second kappa shape index (κ2) is 5.48. The minimum Gasteiger partial charge on any atom is -0.320 e. The lowest BCUT2D eigenvalue weighted by Crippen LogP contribution is -2.25. The largest absolute Gasteiger partial charge is 0.320 e. The number of nitrogens with one attached hydrogen (secondary N) is 1. The molecule has 1 rings (SSSR count). The average Bonchev–Trinajstić information content (AvgIpc) is 2.60. The first-order valence-corrected chi connectivity index (χ1v) is 6.21. The van der Waals surface area contributed by atoms with Gasteiger partial charge in [0, 0.05) is 5.69 Å². The molecule has 0 aliphatic rings. The standard InChI is InChI=1S/C13H25N3/c1-6-12-11(8-7-9-14-5)10-15-16(12)13(2,3)4/h10,14H,6-9H2,1-5H3. The van der Waals surface area contributed by atoms with Gasteiger partial charge < -0.3 is 5.32 Å². The van der Waals surface area contributed by atoms with Crippen molar-refractivity contribution in [1.82, 2.24) is 15.1 Å². The van der Waals surface area contributed by atoms with Crippen LogP contribution in [0.2, 0.25) is 0 Å². The summed E-state index contributed by atoms with van der Waals surface area (Å²) >= 11 is 0. The minimum atomic E-state index is 0.0899. The molecule has 3 heteroatoms. The Bertz CT molecular complexity index is 320. The third kappa shape index (κ3) is 3.08. The van der Waals surface area contributed by atoms with Crippen molar-refractivity contribution >= 4 is 0 Å². The van der Waals surface area contributed by atoms with Crippen molar-refractivity contribution in [3.63, 3.8) is 0 Å². The number of aryl methyl sites for hydroxylation is 1. The molecule has 0 saturated heterocycles. The zero-order valence-corrected chi connectivity index (χ0v) is 11.3. The molecule has 0 aliphatic carbocycles. The Labute approximate surface area is 99.2 Å². The molecule has 0 unspecified atom stereocenters. The molecule has 0 saturated carbocycles. The van der Waals surface area contributed by atoms with Gasteiger partial charge in [-0.05, 0) is 59.2 Å². The number of aromatic nitrogens is 2. The second-order valence-electron chi connectivity index (χ2n) is 5.26. The molecule has 1 aromatic heterocycles. The molecule has 0 fully saturated rings. The van der Waals surface area contributed by atoms with Crippen molar-refractivity contribution in [3.05, 3.63) is 17.5 Å². The Morgan fingerprint density at radius 3 is 2.56 bits per heavy atom. The molecule has 92 valence electrons. The third-order valence-corrected chi connectivity index (χ3v) is 2.80. The van der Waals surface area contributed by atoms with Crippen molar-refractivity contribution in [1.29, 1.82) is 0 Å². The Morgan fingerprint density at radius 2 is 2.06 bits per heavy atom. The highest BCUT2D eigenvalue weighted by Gasteiger charge is 2.19. The molecule has 0 aliphatic heterocycles. The van der Waals surface area contributed by atoms with Crippen LogP contribution in [0.25, 0.3) is 0 Å². The van der Waals surface area contributed by atoms with Crippen molar-refractivity contribution in [2.75, 3.05) is 13.6 Å². The summed E-state index contributed by atoms with van der Waals surface area (Å²) in [5.41, 5.74) is 2.89. The first-order chi connectivity index (χ1) is 7.50. The molecular weight excluding hydrogens is 198 g/mol. The number of hydrogen-bond acceptors (Lipinski definition) is 2. The number of hydrogen-bond donors (Lipinski definition) is 1. The lowest BCUT2D eigenvalue weighted by atomic mass is 10.1. The van der Waals surface area contributed by atoms with E-state index in [1.807, 2.05) is 13.2 Å². The Hall–Kier alpha value is -0.830. The van der Waals surface area contributed by atoms with Gasteiger partial charge in [0.15, 0.2) is 0 Å². The smallest absolute Gasteiger partial charge is 0.0546 e. The second-order valence-corrected chi connectivity index (χ2v) is 5.26. The fourth-order valence-electron chi connectivity index (χ4n) is 2.03. The summed E-state index contributed by atoms with van der Waals surface area (Å²) in [7, 11) is 2.00. The van der Waals surface area contributed by atoms with E-state index in [4.69, 9.17) is 0 Å². The van der Waals surface area contributed by atoms with Crippen LogP contribution in [-0.2, 0) is 18.4 Å². The van der Waals surface area contributed by atoms with Crippen molar-refractivity contribution in [3.8, 4) is 0 Å². The van der Waals surface area contributed by atoms with Gasteiger partial charge in [-0.15, -0.1) is 0 Å². The minimum absolute atomic E-state index is 0.0899. The van der Waals surface area contributed by atoms with Gasteiger partial charge in [0.1, 0.15) is 0 Å². The first kappa shape index (κ1) is 13.2. The maximum Gasteiger partial charge on any atom is 0.0546 e. The van der Waals surface area contributed by atoms with Crippen LogP contribution in [0.3, 0.4) is 0 Å². The lowest BCUT2D eigenvalue weighted by Gasteiger charge is -2.22. The molecule has 0 spiro atoms. The lowest BCUT2D eigenvalue weighted by molar-refractivity contribution is 0.344. The van der Waals surface area contributed by atoms with E-state index in [1.54, 1.807) is 0 Å². The molecule has 1 heterocycles. The fourth-order valence-corrected chi connectivity index (χ4v) is 2.03. The predicted octanol–water partition coefficient (Wildman–Crippen LogP) is 2.35. The Morgan fingerprint density at radius 1 is 1.38 bits per heavy atom. The molecule has 0 aromatic carbocycles. The summed E-state index contributed by atoms with van der Waals surface area (Å²) in [6.07, 6.45) is 5.41. The summed E-state index contributed by atoms with van der Waals surface area (Å²) in [5, 5.41) is 7.72. The molecular formula is C13H25N3. The maximum atomic E-state index is 4.53. The van der Waals surface area contributed by atoms with E-state index >= 15 is 0 Å². The Balaban J connectivity index is 2.83. The van der Waals surface area contributed by atoms with Crippen LogP contribution in [0.15, 0.2) is 6.20 Å². The molecule has 3 nitrogen and oxygen atoms in total. The van der Waals surface area contributed by atoms with E-state index in [0.29, 0.717) is 0 Å². The highest BCUT2D eigenvalue weighted by Crippen LogP contribution is 2.20. The van der Waals surface area contributed by atoms with Crippen LogP contribution < -0.4 is 5.32 Å². The van der Waals surface area contributed by atoms with Gasteiger partial charge in [0.25, 0.3) is 0 Å². The topological polar surface area (TPSA) is 29.9 Å². The maximum absolute atomic E-state index is 4.53.